The minimum Gasteiger partial charge on any atom is -0.373 e. The van der Waals surface area contributed by atoms with Gasteiger partial charge in [0.05, 0.1) is 10.7 Å². The highest BCUT2D eigenvalue weighted by atomic mass is 35.5. The molecule has 0 amide bonds. The van der Waals surface area contributed by atoms with Crippen molar-refractivity contribution in [2.45, 2.75) is 6.92 Å². The topological polar surface area (TPSA) is 63.8 Å². The quantitative estimate of drug-likeness (QED) is 0.877. The van der Waals surface area contributed by atoms with Crippen molar-refractivity contribution < 1.29 is 4.39 Å². The minimum atomic E-state index is -0.348. The van der Waals surface area contributed by atoms with Crippen LogP contribution in [0.4, 0.5) is 16.2 Å². The van der Waals surface area contributed by atoms with Crippen molar-refractivity contribution in [2.75, 3.05) is 18.1 Å². The molecule has 1 aromatic heterocycles. The molecule has 0 atom stereocenters. The smallest absolute Gasteiger partial charge is 0.222 e. The molecule has 0 saturated heterocycles. The van der Waals surface area contributed by atoms with E-state index in [9.17, 15) is 4.39 Å². The van der Waals surface area contributed by atoms with E-state index in [1.807, 2.05) is 0 Å². The first-order valence-electron chi connectivity index (χ1n) is 5.29. The molecule has 0 bridgehead atoms. The Bertz CT molecular complexity index is 601. The second-order valence-electron chi connectivity index (χ2n) is 3.83. The third-order valence-electron chi connectivity index (χ3n) is 2.52. The molecule has 0 aliphatic heterocycles. The first-order chi connectivity index (χ1) is 8.51. The molecule has 0 radical (unpaired) electrons. The number of nitrogens with zero attached hydrogens (tertiary/aromatic N) is 2. The second kappa shape index (κ2) is 4.78. The van der Waals surface area contributed by atoms with Gasteiger partial charge in [-0.05, 0) is 24.6 Å². The summed E-state index contributed by atoms with van der Waals surface area (Å²) in [5.41, 5.74) is 7.29. The van der Waals surface area contributed by atoms with E-state index >= 15 is 0 Å². The average molecular weight is 267 g/mol. The molecular weight excluding hydrogens is 255 g/mol. The molecule has 94 valence electrons. The van der Waals surface area contributed by atoms with Crippen molar-refractivity contribution >= 4 is 23.4 Å². The van der Waals surface area contributed by atoms with Crippen LogP contribution >= 0.6 is 11.6 Å². The number of benzene rings is 1. The van der Waals surface area contributed by atoms with Crippen molar-refractivity contribution in [2.24, 2.45) is 0 Å². The number of anilines is 2. The molecule has 0 fully saturated rings. The summed E-state index contributed by atoms with van der Waals surface area (Å²) in [7, 11) is 1.73. The van der Waals surface area contributed by atoms with Gasteiger partial charge >= 0.3 is 0 Å². The van der Waals surface area contributed by atoms with Crippen LogP contribution in [-0.2, 0) is 0 Å². The van der Waals surface area contributed by atoms with Crippen molar-refractivity contribution in [1.29, 1.82) is 0 Å². The molecule has 0 aliphatic rings. The van der Waals surface area contributed by atoms with E-state index < -0.39 is 0 Å². The third kappa shape index (κ3) is 2.36. The van der Waals surface area contributed by atoms with Gasteiger partial charge in [-0.15, -0.1) is 0 Å². The van der Waals surface area contributed by atoms with E-state index in [-0.39, 0.29) is 11.8 Å². The van der Waals surface area contributed by atoms with Crippen LogP contribution in [0.3, 0.4) is 0 Å². The van der Waals surface area contributed by atoms with Gasteiger partial charge in [0.25, 0.3) is 0 Å². The highest BCUT2D eigenvalue weighted by Gasteiger charge is 2.11. The molecule has 2 rings (SSSR count). The Morgan fingerprint density at radius 2 is 2.00 bits per heavy atom. The Labute approximate surface area is 109 Å². The average Bonchev–Trinajstić information content (AvgIpc) is 2.33. The molecule has 0 unspecified atom stereocenters. The number of nitrogen functional groups attached to an aromatic ring is 1. The standard InChI is InChI=1S/C12H12ClFN4/c1-6-3-7(8(13)4-9(6)14)10-5-11(16-2)18-12(15)17-10/h3-5H,1-2H3,(H3,15,16,17,18). The number of hydrogen-bond donors (Lipinski definition) is 2. The van der Waals surface area contributed by atoms with E-state index in [2.05, 4.69) is 15.3 Å². The Kier molecular flexibility index (Phi) is 3.34. The van der Waals surface area contributed by atoms with Crippen molar-refractivity contribution in [3.8, 4) is 11.3 Å². The minimum absolute atomic E-state index is 0.134. The normalized spacial score (nSPS) is 10.4. The van der Waals surface area contributed by atoms with Crippen molar-refractivity contribution in [3.63, 3.8) is 0 Å². The van der Waals surface area contributed by atoms with Crippen molar-refractivity contribution in [3.05, 3.63) is 34.6 Å². The SMILES string of the molecule is CNc1cc(-c2cc(C)c(F)cc2Cl)nc(N)n1. The van der Waals surface area contributed by atoms with E-state index in [4.69, 9.17) is 17.3 Å². The van der Waals surface area contributed by atoms with Crippen LogP contribution in [0.1, 0.15) is 5.56 Å². The van der Waals surface area contributed by atoms with Crippen LogP contribution in [0, 0.1) is 12.7 Å². The zero-order valence-corrected chi connectivity index (χ0v) is 10.7. The lowest BCUT2D eigenvalue weighted by atomic mass is 10.1. The fraction of sp³-hybridized carbons (Fsp3) is 0.167. The van der Waals surface area contributed by atoms with Gasteiger partial charge in [0.1, 0.15) is 11.6 Å². The van der Waals surface area contributed by atoms with Gasteiger partial charge in [-0.25, -0.2) is 9.37 Å². The van der Waals surface area contributed by atoms with Gasteiger partial charge in [0.15, 0.2) is 0 Å². The van der Waals surface area contributed by atoms with Crippen LogP contribution in [0.15, 0.2) is 18.2 Å². The molecule has 0 aliphatic carbocycles. The lowest BCUT2D eigenvalue weighted by Gasteiger charge is -2.08. The first-order valence-corrected chi connectivity index (χ1v) is 5.67. The van der Waals surface area contributed by atoms with Crippen LogP contribution in [0.2, 0.25) is 5.02 Å². The number of aryl methyl sites for hydroxylation is 1. The molecule has 2 aromatic rings. The summed E-state index contributed by atoms with van der Waals surface area (Å²) in [5, 5.41) is 3.17. The second-order valence-corrected chi connectivity index (χ2v) is 4.24. The largest absolute Gasteiger partial charge is 0.373 e. The molecule has 0 saturated carbocycles. The lowest BCUT2D eigenvalue weighted by molar-refractivity contribution is 0.619. The maximum Gasteiger partial charge on any atom is 0.222 e. The van der Waals surface area contributed by atoms with E-state index in [0.717, 1.165) is 0 Å². The van der Waals surface area contributed by atoms with Crippen molar-refractivity contribution in [1.82, 2.24) is 9.97 Å². The predicted molar refractivity (Wildman–Crippen MR) is 71.1 cm³/mol. The summed E-state index contributed by atoms with van der Waals surface area (Å²) in [4.78, 5) is 8.09. The summed E-state index contributed by atoms with van der Waals surface area (Å²) < 4.78 is 13.3. The summed E-state index contributed by atoms with van der Waals surface area (Å²) in [6.07, 6.45) is 0. The van der Waals surface area contributed by atoms with Gasteiger partial charge < -0.3 is 11.1 Å². The zero-order valence-electron chi connectivity index (χ0n) is 9.96. The summed E-state index contributed by atoms with van der Waals surface area (Å²) in [6.45, 7) is 1.67. The Morgan fingerprint density at radius 1 is 1.28 bits per heavy atom. The van der Waals surface area contributed by atoms with Gasteiger partial charge in [-0.2, -0.15) is 4.98 Å². The van der Waals surface area contributed by atoms with Crippen LogP contribution in [0.25, 0.3) is 11.3 Å². The first kappa shape index (κ1) is 12.6. The molecule has 4 nitrogen and oxygen atoms in total. The Balaban J connectivity index is 2.61. The molecule has 0 spiro atoms. The number of hydrogen-bond acceptors (Lipinski definition) is 4. The molecule has 3 N–H and O–H groups in total. The number of rotatable bonds is 2. The molecule has 6 heteroatoms. The van der Waals surface area contributed by atoms with E-state index in [1.165, 1.54) is 6.07 Å². The maximum absolute atomic E-state index is 13.3. The summed E-state index contributed by atoms with van der Waals surface area (Å²) in [5.74, 6) is 0.366. The van der Waals surface area contributed by atoms with E-state index in [0.29, 0.717) is 27.7 Å². The molecule has 18 heavy (non-hydrogen) atoms. The lowest BCUT2D eigenvalue weighted by Crippen LogP contribution is -2.01. The molecule has 1 aromatic carbocycles. The van der Waals surface area contributed by atoms with Crippen LogP contribution in [0.5, 0.6) is 0 Å². The number of nitrogens with one attached hydrogen (secondary N) is 1. The summed E-state index contributed by atoms with van der Waals surface area (Å²) in [6, 6.07) is 4.61. The highest BCUT2D eigenvalue weighted by molar-refractivity contribution is 6.33. The monoisotopic (exact) mass is 266 g/mol. The number of aromatic nitrogens is 2. The fourth-order valence-corrected chi connectivity index (χ4v) is 1.83. The van der Waals surface area contributed by atoms with Gasteiger partial charge in [-0.3, -0.25) is 0 Å². The fourth-order valence-electron chi connectivity index (χ4n) is 1.59. The van der Waals surface area contributed by atoms with Gasteiger partial charge in [0.2, 0.25) is 5.95 Å². The van der Waals surface area contributed by atoms with Crippen LogP contribution < -0.4 is 11.1 Å². The van der Waals surface area contributed by atoms with Crippen LogP contribution in [-0.4, -0.2) is 17.0 Å². The predicted octanol–water partition coefficient (Wildman–Crippen LogP) is 2.87. The van der Waals surface area contributed by atoms with Gasteiger partial charge in [-0.1, -0.05) is 11.6 Å². The number of nitrogens with two attached hydrogens (primary N) is 1. The van der Waals surface area contributed by atoms with Gasteiger partial charge in [0, 0.05) is 18.7 Å². The molecular formula is C12H12ClFN4. The summed E-state index contributed by atoms with van der Waals surface area (Å²) >= 11 is 6.02. The number of halogens is 2. The van der Waals surface area contributed by atoms with E-state index in [1.54, 1.807) is 26.1 Å². The highest BCUT2D eigenvalue weighted by Crippen LogP contribution is 2.30. The Morgan fingerprint density at radius 3 is 2.67 bits per heavy atom. The maximum atomic E-state index is 13.3. The Hall–Kier alpha value is -1.88. The zero-order chi connectivity index (χ0) is 13.3. The molecule has 1 heterocycles. The third-order valence-corrected chi connectivity index (χ3v) is 2.84.